The maximum atomic E-state index is 4.69. The van der Waals surface area contributed by atoms with Crippen molar-refractivity contribution in [2.24, 2.45) is 10.9 Å². The minimum Gasteiger partial charge on any atom is -0.335 e. The SMILES string of the molecule is Cc1ccc(NC2=NC(C)C(C)CS2)c(C)c1. The van der Waals surface area contributed by atoms with Gasteiger partial charge in [0.2, 0.25) is 0 Å². The van der Waals surface area contributed by atoms with Crippen molar-refractivity contribution in [1.82, 2.24) is 0 Å². The molecule has 1 aromatic carbocycles. The zero-order valence-corrected chi connectivity index (χ0v) is 11.8. The summed E-state index contributed by atoms with van der Waals surface area (Å²) in [5, 5.41) is 4.50. The molecule has 2 nitrogen and oxygen atoms in total. The monoisotopic (exact) mass is 248 g/mol. The number of benzene rings is 1. The second-order valence-corrected chi connectivity index (χ2v) is 5.92. The van der Waals surface area contributed by atoms with E-state index in [-0.39, 0.29) is 0 Å². The summed E-state index contributed by atoms with van der Waals surface area (Å²) in [7, 11) is 0. The highest BCUT2D eigenvalue weighted by molar-refractivity contribution is 8.14. The van der Waals surface area contributed by atoms with Crippen LogP contribution in [0.3, 0.4) is 0 Å². The van der Waals surface area contributed by atoms with E-state index in [0.29, 0.717) is 12.0 Å². The molecule has 3 heteroatoms. The highest BCUT2D eigenvalue weighted by Crippen LogP contribution is 2.25. The average Bonchev–Trinajstić information content (AvgIpc) is 2.27. The zero-order chi connectivity index (χ0) is 12.4. The van der Waals surface area contributed by atoms with E-state index < -0.39 is 0 Å². The average molecular weight is 248 g/mol. The van der Waals surface area contributed by atoms with Gasteiger partial charge in [-0.15, -0.1) is 0 Å². The first-order valence-electron chi connectivity index (χ1n) is 6.11. The number of thioether (sulfide) groups is 1. The van der Waals surface area contributed by atoms with Crippen LogP contribution in [0.1, 0.15) is 25.0 Å². The molecule has 92 valence electrons. The number of nitrogens with one attached hydrogen (secondary N) is 1. The number of aliphatic imine (C=N–C) groups is 1. The van der Waals surface area contributed by atoms with Gasteiger partial charge < -0.3 is 5.32 Å². The van der Waals surface area contributed by atoms with Gasteiger partial charge in [0.1, 0.15) is 0 Å². The van der Waals surface area contributed by atoms with Crippen LogP contribution in [0.2, 0.25) is 0 Å². The van der Waals surface area contributed by atoms with E-state index >= 15 is 0 Å². The van der Waals surface area contributed by atoms with E-state index in [9.17, 15) is 0 Å². The molecule has 2 unspecified atom stereocenters. The van der Waals surface area contributed by atoms with Gasteiger partial charge in [-0.1, -0.05) is 36.4 Å². The third kappa shape index (κ3) is 3.03. The summed E-state index contributed by atoms with van der Waals surface area (Å²) in [6, 6.07) is 6.89. The first-order chi connectivity index (χ1) is 8.06. The molecule has 0 saturated carbocycles. The van der Waals surface area contributed by atoms with Gasteiger partial charge >= 0.3 is 0 Å². The first kappa shape index (κ1) is 12.5. The third-order valence-electron chi connectivity index (χ3n) is 3.25. The van der Waals surface area contributed by atoms with Crippen LogP contribution in [0.15, 0.2) is 23.2 Å². The van der Waals surface area contributed by atoms with Crippen LogP contribution < -0.4 is 5.32 Å². The maximum Gasteiger partial charge on any atom is 0.161 e. The third-order valence-corrected chi connectivity index (χ3v) is 4.42. The lowest BCUT2D eigenvalue weighted by atomic mass is 10.1. The predicted molar refractivity (Wildman–Crippen MR) is 78.1 cm³/mol. The van der Waals surface area contributed by atoms with Crippen LogP contribution in [-0.4, -0.2) is 17.0 Å². The Bertz CT molecular complexity index is 440. The Morgan fingerprint density at radius 3 is 2.71 bits per heavy atom. The number of aryl methyl sites for hydroxylation is 2. The van der Waals surface area contributed by atoms with E-state index in [1.165, 1.54) is 16.8 Å². The van der Waals surface area contributed by atoms with Gasteiger partial charge in [0, 0.05) is 11.4 Å². The fourth-order valence-corrected chi connectivity index (χ4v) is 2.96. The number of nitrogens with zero attached hydrogens (tertiary/aromatic N) is 1. The van der Waals surface area contributed by atoms with Crippen LogP contribution in [0.4, 0.5) is 5.69 Å². The van der Waals surface area contributed by atoms with Crippen molar-refractivity contribution in [2.75, 3.05) is 11.1 Å². The smallest absolute Gasteiger partial charge is 0.161 e. The Hall–Kier alpha value is -0.960. The lowest BCUT2D eigenvalue weighted by Gasteiger charge is -2.24. The summed E-state index contributed by atoms with van der Waals surface area (Å²) in [5.41, 5.74) is 3.75. The van der Waals surface area contributed by atoms with Crippen molar-refractivity contribution in [3.63, 3.8) is 0 Å². The summed E-state index contributed by atoms with van der Waals surface area (Å²) in [6.45, 7) is 8.70. The molecule has 0 aromatic heterocycles. The Balaban J connectivity index is 2.13. The molecule has 2 rings (SSSR count). The first-order valence-corrected chi connectivity index (χ1v) is 7.09. The molecule has 0 spiro atoms. The van der Waals surface area contributed by atoms with Gasteiger partial charge in [-0.25, -0.2) is 0 Å². The van der Waals surface area contributed by atoms with Gasteiger partial charge in [0.15, 0.2) is 5.17 Å². The van der Waals surface area contributed by atoms with Gasteiger partial charge in [0.25, 0.3) is 0 Å². The molecular formula is C14H20N2S. The molecule has 17 heavy (non-hydrogen) atoms. The minimum atomic E-state index is 0.421. The highest BCUT2D eigenvalue weighted by Gasteiger charge is 2.19. The zero-order valence-electron chi connectivity index (χ0n) is 10.9. The van der Waals surface area contributed by atoms with Crippen LogP contribution in [0, 0.1) is 19.8 Å². The van der Waals surface area contributed by atoms with Crippen molar-refractivity contribution < 1.29 is 0 Å². The van der Waals surface area contributed by atoms with Crippen LogP contribution in [0.25, 0.3) is 0 Å². The normalized spacial score (nSPS) is 24.4. The number of amidine groups is 1. The molecule has 1 N–H and O–H groups in total. The molecule has 0 saturated heterocycles. The standard InChI is InChI=1S/C14H20N2S/c1-9-5-6-13(10(2)7-9)16-14-15-12(4)11(3)8-17-14/h5-7,11-12H,8H2,1-4H3,(H,15,16). The summed E-state index contributed by atoms with van der Waals surface area (Å²) in [6.07, 6.45) is 0. The van der Waals surface area contributed by atoms with Crippen molar-refractivity contribution >= 4 is 22.6 Å². The largest absolute Gasteiger partial charge is 0.335 e. The number of hydrogen-bond donors (Lipinski definition) is 1. The molecule has 0 aliphatic carbocycles. The molecule has 0 bridgehead atoms. The fraction of sp³-hybridized carbons (Fsp3) is 0.500. The van der Waals surface area contributed by atoms with E-state index in [0.717, 1.165) is 10.9 Å². The summed E-state index contributed by atoms with van der Waals surface area (Å²) in [5.74, 6) is 1.82. The molecule has 0 amide bonds. The molecule has 0 radical (unpaired) electrons. The van der Waals surface area contributed by atoms with Crippen LogP contribution in [0.5, 0.6) is 0 Å². The Morgan fingerprint density at radius 2 is 2.06 bits per heavy atom. The number of anilines is 1. The second kappa shape index (κ2) is 5.13. The van der Waals surface area contributed by atoms with Gasteiger partial charge in [-0.3, -0.25) is 4.99 Å². The van der Waals surface area contributed by atoms with Crippen molar-refractivity contribution in [1.29, 1.82) is 0 Å². The predicted octanol–water partition coefficient (Wildman–Crippen LogP) is 3.84. The fourth-order valence-electron chi connectivity index (χ4n) is 1.84. The number of hydrogen-bond acceptors (Lipinski definition) is 3. The molecule has 1 aliphatic heterocycles. The summed E-state index contributed by atoms with van der Waals surface area (Å²) >= 11 is 1.82. The van der Waals surface area contributed by atoms with Crippen LogP contribution >= 0.6 is 11.8 Å². The Labute approximate surface area is 108 Å². The minimum absolute atomic E-state index is 0.421. The van der Waals surface area contributed by atoms with Crippen molar-refractivity contribution in [3.05, 3.63) is 29.3 Å². The molecule has 1 aromatic rings. The quantitative estimate of drug-likeness (QED) is 0.816. The maximum absolute atomic E-state index is 4.69. The lowest BCUT2D eigenvalue weighted by Crippen LogP contribution is -2.25. The van der Waals surface area contributed by atoms with Gasteiger partial charge in [-0.05, 0) is 38.3 Å². The van der Waals surface area contributed by atoms with E-state index in [1.807, 2.05) is 11.8 Å². The van der Waals surface area contributed by atoms with Gasteiger partial charge in [0.05, 0.1) is 6.04 Å². The van der Waals surface area contributed by atoms with E-state index in [1.54, 1.807) is 0 Å². The molecular weight excluding hydrogens is 228 g/mol. The van der Waals surface area contributed by atoms with Crippen molar-refractivity contribution in [2.45, 2.75) is 33.7 Å². The van der Waals surface area contributed by atoms with Crippen molar-refractivity contribution in [3.8, 4) is 0 Å². The molecule has 1 heterocycles. The molecule has 1 aliphatic rings. The van der Waals surface area contributed by atoms with Gasteiger partial charge in [-0.2, -0.15) is 0 Å². The summed E-state index contributed by atoms with van der Waals surface area (Å²) in [4.78, 5) is 4.69. The highest BCUT2D eigenvalue weighted by atomic mass is 32.2. The Morgan fingerprint density at radius 1 is 1.29 bits per heavy atom. The summed E-state index contributed by atoms with van der Waals surface area (Å²) < 4.78 is 0. The Kier molecular flexibility index (Phi) is 3.77. The van der Waals surface area contributed by atoms with Crippen LogP contribution in [-0.2, 0) is 0 Å². The second-order valence-electron chi connectivity index (χ2n) is 4.91. The topological polar surface area (TPSA) is 24.4 Å². The van der Waals surface area contributed by atoms with E-state index in [4.69, 9.17) is 4.99 Å². The lowest BCUT2D eigenvalue weighted by molar-refractivity contribution is 0.537. The number of rotatable bonds is 1. The van der Waals surface area contributed by atoms with E-state index in [2.05, 4.69) is 51.2 Å². The molecule has 2 atom stereocenters. The molecule has 0 fully saturated rings.